The number of imidazole rings is 1. The summed E-state index contributed by atoms with van der Waals surface area (Å²) in [5.41, 5.74) is -0.526. The molecule has 0 aliphatic heterocycles. The highest BCUT2D eigenvalue weighted by atomic mass is 35.5. The SMILES string of the molecule is Nc1[nH]c(-c2c(Cl)cc(C(F)(F)F)cc2Cl)nc1SC(F)(F)F. The van der Waals surface area contributed by atoms with Gasteiger partial charge in [0.05, 0.1) is 21.2 Å². The molecule has 0 radical (unpaired) electrons. The molecule has 1 heterocycles. The lowest BCUT2D eigenvalue weighted by molar-refractivity contribution is -0.137. The first-order valence-corrected chi connectivity index (χ1v) is 7.13. The molecule has 126 valence electrons. The Labute approximate surface area is 139 Å². The molecule has 3 nitrogen and oxygen atoms in total. The number of anilines is 1. The predicted molar refractivity (Wildman–Crippen MR) is 75.4 cm³/mol. The van der Waals surface area contributed by atoms with Crippen LogP contribution in [0.1, 0.15) is 5.56 Å². The summed E-state index contributed by atoms with van der Waals surface area (Å²) < 4.78 is 75.0. The number of nitrogen functional groups attached to an aromatic ring is 1. The lowest BCUT2D eigenvalue weighted by Crippen LogP contribution is -2.05. The fourth-order valence-corrected chi connectivity index (χ4v) is 2.82. The van der Waals surface area contributed by atoms with E-state index in [1.54, 1.807) is 0 Å². The summed E-state index contributed by atoms with van der Waals surface area (Å²) in [6.07, 6.45) is -4.68. The second kappa shape index (κ2) is 5.99. The van der Waals surface area contributed by atoms with Crippen molar-refractivity contribution in [3.05, 3.63) is 27.7 Å². The molecule has 0 unspecified atom stereocenters. The van der Waals surface area contributed by atoms with E-state index < -0.39 is 49.9 Å². The van der Waals surface area contributed by atoms with Crippen molar-refractivity contribution in [1.82, 2.24) is 9.97 Å². The molecule has 2 aromatic rings. The van der Waals surface area contributed by atoms with E-state index in [1.807, 2.05) is 0 Å². The number of alkyl halides is 6. The molecule has 0 spiro atoms. The summed E-state index contributed by atoms with van der Waals surface area (Å²) in [7, 11) is 0. The number of hydrogen-bond acceptors (Lipinski definition) is 3. The van der Waals surface area contributed by atoms with Crippen molar-refractivity contribution in [2.75, 3.05) is 5.73 Å². The Balaban J connectivity index is 2.49. The van der Waals surface area contributed by atoms with E-state index in [-0.39, 0.29) is 11.4 Å². The van der Waals surface area contributed by atoms with Crippen LogP contribution in [0.15, 0.2) is 17.2 Å². The Morgan fingerprint density at radius 1 is 1.04 bits per heavy atom. The molecule has 0 atom stereocenters. The van der Waals surface area contributed by atoms with Gasteiger partial charge in [0.1, 0.15) is 16.7 Å². The van der Waals surface area contributed by atoms with E-state index in [2.05, 4.69) is 9.97 Å². The third-order valence-corrected chi connectivity index (χ3v) is 3.85. The number of benzene rings is 1. The first-order valence-electron chi connectivity index (χ1n) is 5.56. The molecule has 0 fully saturated rings. The van der Waals surface area contributed by atoms with Gasteiger partial charge in [0, 0.05) is 11.8 Å². The van der Waals surface area contributed by atoms with E-state index in [1.165, 1.54) is 0 Å². The van der Waals surface area contributed by atoms with Gasteiger partial charge in [0.15, 0.2) is 0 Å². The van der Waals surface area contributed by atoms with Crippen LogP contribution in [0.2, 0.25) is 10.0 Å². The van der Waals surface area contributed by atoms with Crippen LogP contribution in [-0.2, 0) is 6.18 Å². The van der Waals surface area contributed by atoms with Crippen LogP contribution in [0.4, 0.5) is 32.2 Å². The summed E-state index contributed by atoms with van der Waals surface area (Å²) in [4.78, 5) is 5.91. The molecular formula is C11H5Cl2F6N3S. The Hall–Kier alpha value is -1.26. The van der Waals surface area contributed by atoms with Crippen molar-refractivity contribution in [1.29, 1.82) is 0 Å². The van der Waals surface area contributed by atoms with E-state index in [4.69, 9.17) is 28.9 Å². The largest absolute Gasteiger partial charge is 0.447 e. The van der Waals surface area contributed by atoms with Crippen LogP contribution in [0.5, 0.6) is 0 Å². The number of thioether (sulfide) groups is 1. The number of rotatable bonds is 2. The van der Waals surface area contributed by atoms with Crippen LogP contribution in [0, 0.1) is 0 Å². The minimum absolute atomic E-state index is 0.179. The van der Waals surface area contributed by atoms with Gasteiger partial charge in [-0.3, -0.25) is 0 Å². The maximum atomic E-state index is 12.6. The van der Waals surface area contributed by atoms with Crippen LogP contribution >= 0.6 is 35.0 Å². The highest BCUT2D eigenvalue weighted by molar-refractivity contribution is 8.00. The van der Waals surface area contributed by atoms with Crippen molar-refractivity contribution in [3.8, 4) is 11.4 Å². The zero-order chi connectivity index (χ0) is 17.6. The highest BCUT2D eigenvalue weighted by Crippen LogP contribution is 2.43. The standard InChI is InChI=1S/C11H5Cl2F6N3S/c12-4-1-3(10(14,15)16)2-5(13)6(4)8-21-7(20)9(22-8)23-11(17,18)19/h1-2H,20H2,(H,21,22). The minimum atomic E-state index is -4.68. The van der Waals surface area contributed by atoms with Crippen molar-refractivity contribution < 1.29 is 26.3 Å². The molecule has 0 saturated carbocycles. The zero-order valence-electron chi connectivity index (χ0n) is 10.6. The fraction of sp³-hybridized carbons (Fsp3) is 0.182. The Bertz CT molecular complexity index is 717. The number of nitrogens with two attached hydrogens (primary N) is 1. The van der Waals surface area contributed by atoms with Gasteiger partial charge in [0.2, 0.25) is 0 Å². The maximum Gasteiger partial charge on any atom is 0.447 e. The third kappa shape index (κ3) is 4.18. The smallest absolute Gasteiger partial charge is 0.383 e. The van der Waals surface area contributed by atoms with E-state index in [9.17, 15) is 26.3 Å². The van der Waals surface area contributed by atoms with E-state index in [0.29, 0.717) is 12.1 Å². The predicted octanol–water partition coefficient (Wildman–Crippen LogP) is 5.60. The van der Waals surface area contributed by atoms with Crippen LogP contribution < -0.4 is 5.73 Å². The first kappa shape index (κ1) is 18.1. The second-order valence-electron chi connectivity index (χ2n) is 4.16. The molecular weight excluding hydrogens is 391 g/mol. The quantitative estimate of drug-likeness (QED) is 0.514. The van der Waals surface area contributed by atoms with Gasteiger partial charge < -0.3 is 10.7 Å². The molecule has 2 rings (SSSR count). The topological polar surface area (TPSA) is 54.7 Å². The molecule has 0 saturated heterocycles. The number of hydrogen-bond donors (Lipinski definition) is 2. The first-order chi connectivity index (χ1) is 10.4. The molecule has 1 aromatic heterocycles. The summed E-state index contributed by atoms with van der Waals surface area (Å²) in [6.45, 7) is 0. The summed E-state index contributed by atoms with van der Waals surface area (Å²) in [5.74, 6) is -0.674. The van der Waals surface area contributed by atoms with Gasteiger partial charge in [-0.05, 0) is 12.1 Å². The van der Waals surface area contributed by atoms with Crippen molar-refractivity contribution in [2.45, 2.75) is 16.7 Å². The van der Waals surface area contributed by atoms with Crippen molar-refractivity contribution in [2.24, 2.45) is 0 Å². The Morgan fingerprint density at radius 2 is 1.57 bits per heavy atom. The van der Waals surface area contributed by atoms with Gasteiger partial charge in [-0.15, -0.1) is 0 Å². The normalized spacial score (nSPS) is 12.7. The van der Waals surface area contributed by atoms with Crippen LogP contribution in [0.25, 0.3) is 11.4 Å². The Morgan fingerprint density at radius 3 is 2.00 bits per heavy atom. The number of halogens is 8. The molecule has 0 aliphatic rings. The van der Waals surface area contributed by atoms with Gasteiger partial charge in [-0.25, -0.2) is 4.98 Å². The Kier molecular flexibility index (Phi) is 4.71. The van der Waals surface area contributed by atoms with Gasteiger partial charge in [-0.1, -0.05) is 23.2 Å². The number of aromatic amines is 1. The minimum Gasteiger partial charge on any atom is -0.383 e. The molecule has 12 heteroatoms. The maximum absolute atomic E-state index is 12.6. The van der Waals surface area contributed by atoms with Crippen LogP contribution in [0.3, 0.4) is 0 Å². The summed E-state index contributed by atoms with van der Waals surface area (Å²) in [6, 6.07) is 1.19. The molecule has 0 aliphatic carbocycles. The average Bonchev–Trinajstić information content (AvgIpc) is 2.66. The number of nitrogens with one attached hydrogen (secondary N) is 1. The second-order valence-corrected chi connectivity index (χ2v) is 6.03. The summed E-state index contributed by atoms with van der Waals surface area (Å²) >= 11 is 10.9. The van der Waals surface area contributed by atoms with Gasteiger partial charge in [-0.2, -0.15) is 26.3 Å². The van der Waals surface area contributed by atoms with Gasteiger partial charge >= 0.3 is 11.7 Å². The molecule has 23 heavy (non-hydrogen) atoms. The number of nitrogens with zero attached hydrogens (tertiary/aromatic N) is 1. The number of H-pyrrole nitrogens is 1. The monoisotopic (exact) mass is 395 g/mol. The third-order valence-electron chi connectivity index (χ3n) is 2.52. The van der Waals surface area contributed by atoms with E-state index >= 15 is 0 Å². The molecule has 1 aromatic carbocycles. The van der Waals surface area contributed by atoms with Gasteiger partial charge in [0.25, 0.3) is 0 Å². The molecule has 0 amide bonds. The summed E-state index contributed by atoms with van der Waals surface area (Å²) in [5, 5.41) is -1.44. The van der Waals surface area contributed by atoms with Crippen molar-refractivity contribution >= 4 is 40.8 Å². The molecule has 0 bridgehead atoms. The zero-order valence-corrected chi connectivity index (χ0v) is 12.9. The number of aromatic nitrogens is 2. The molecule has 3 N–H and O–H groups in total. The lowest BCUT2D eigenvalue weighted by Gasteiger charge is -2.10. The average molecular weight is 396 g/mol. The lowest BCUT2D eigenvalue weighted by atomic mass is 10.1. The highest BCUT2D eigenvalue weighted by Gasteiger charge is 2.34. The van der Waals surface area contributed by atoms with Crippen molar-refractivity contribution in [3.63, 3.8) is 0 Å². The van der Waals surface area contributed by atoms with E-state index in [0.717, 1.165) is 0 Å². The van der Waals surface area contributed by atoms with Crippen LogP contribution in [-0.4, -0.2) is 15.5 Å². The fourth-order valence-electron chi connectivity index (χ4n) is 1.64.